The number of piperazine rings is 1. The molecule has 5 rings (SSSR count). The van der Waals surface area contributed by atoms with Crippen molar-refractivity contribution in [1.29, 1.82) is 0 Å². The molecule has 2 aromatic rings. The number of amides is 5. The van der Waals surface area contributed by atoms with Crippen LogP contribution in [0.25, 0.3) is 0 Å². The Hall–Kier alpha value is -3.78. The van der Waals surface area contributed by atoms with Crippen LogP contribution in [-0.2, 0) is 11.3 Å². The monoisotopic (exact) mass is 653 g/mol. The molecule has 46 heavy (non-hydrogen) atoms. The molecule has 2 heterocycles. The minimum absolute atomic E-state index is 0.00786. The van der Waals surface area contributed by atoms with Gasteiger partial charge in [0.15, 0.2) is 0 Å². The Morgan fingerprint density at radius 3 is 2.39 bits per heavy atom. The molecule has 1 radical (unpaired) electrons. The van der Waals surface area contributed by atoms with Crippen molar-refractivity contribution in [1.82, 2.24) is 35.2 Å². The quantitative estimate of drug-likeness (QED) is 0.273. The first kappa shape index (κ1) is 33.6. The highest BCUT2D eigenvalue weighted by Gasteiger charge is 2.37. The lowest BCUT2D eigenvalue weighted by Crippen LogP contribution is -2.57. The predicted octanol–water partition coefficient (Wildman–Crippen LogP) is 3.62. The molecule has 249 valence electrons. The van der Waals surface area contributed by atoms with Crippen molar-refractivity contribution < 1.29 is 23.6 Å². The van der Waals surface area contributed by atoms with E-state index in [-0.39, 0.29) is 34.6 Å². The normalized spacial score (nSPS) is 18.9. The van der Waals surface area contributed by atoms with Gasteiger partial charge < -0.3 is 30.7 Å². The number of aryl methyl sites for hydroxylation is 1. The van der Waals surface area contributed by atoms with Crippen LogP contribution in [0.5, 0.6) is 0 Å². The molecule has 3 fully saturated rings. The van der Waals surface area contributed by atoms with Gasteiger partial charge >= 0.3 is 6.03 Å². The Kier molecular flexibility index (Phi) is 11.1. The number of likely N-dealkylation sites (N-methyl/N-ethyl adjacent to an activating group) is 1. The molecule has 1 aromatic heterocycles. The fraction of sp³-hybridized carbons (Fsp3) is 0.594. The van der Waals surface area contributed by atoms with Gasteiger partial charge in [-0.3, -0.25) is 19.1 Å². The van der Waals surface area contributed by atoms with Crippen molar-refractivity contribution in [2.24, 2.45) is 0 Å². The Labute approximate surface area is 271 Å². The van der Waals surface area contributed by atoms with Gasteiger partial charge in [0.2, 0.25) is 11.4 Å². The van der Waals surface area contributed by atoms with Crippen molar-refractivity contribution in [2.75, 3.05) is 38.5 Å². The van der Waals surface area contributed by atoms with Crippen molar-refractivity contribution in [3.8, 4) is 0 Å². The van der Waals surface area contributed by atoms with Gasteiger partial charge in [0.25, 0.3) is 14.9 Å². The second-order valence-electron chi connectivity index (χ2n) is 12.7. The van der Waals surface area contributed by atoms with Gasteiger partial charge in [0.05, 0.1) is 5.69 Å². The molecular weight excluding hydrogens is 607 g/mol. The fourth-order valence-electron chi connectivity index (χ4n) is 6.22. The van der Waals surface area contributed by atoms with Crippen molar-refractivity contribution in [2.45, 2.75) is 88.9 Å². The Balaban J connectivity index is 1.31. The zero-order valence-electron chi connectivity index (χ0n) is 27.0. The average Bonchev–Trinajstić information content (AvgIpc) is 3.74. The molecule has 2 saturated carbocycles. The first-order chi connectivity index (χ1) is 22.1. The standard InChI is InChI=1S/C32H46FN8O4Si/c1-4-41-27(14-15-34-41)29(42)38-46(24-8-6-5-7-9-24)32(45)36-26-13-10-22(20-25(26)33)21(2)28(37-31(44)35-23-11-12-23)30(43)40-18-16-39(3)17-19-40/h10,13-15,20-21,23-24,28H,4-9,11-12,16-19H2,1-3H3,(H,36,45)(H,38,42)(H2,35,37,44)/t21-,28+/m0/s1. The van der Waals surface area contributed by atoms with E-state index in [1.807, 2.05) is 14.0 Å². The van der Waals surface area contributed by atoms with Gasteiger partial charge in [-0.1, -0.05) is 45.1 Å². The number of urea groups is 1. The number of halogens is 1. The highest BCUT2D eigenvalue weighted by molar-refractivity contribution is 6.92. The first-order valence-electron chi connectivity index (χ1n) is 16.5. The van der Waals surface area contributed by atoms with Gasteiger partial charge in [-0.2, -0.15) is 5.10 Å². The van der Waals surface area contributed by atoms with E-state index in [4.69, 9.17) is 0 Å². The van der Waals surface area contributed by atoms with E-state index in [2.05, 4.69) is 30.9 Å². The molecule has 12 nitrogen and oxygen atoms in total. The third kappa shape index (κ3) is 8.32. The lowest BCUT2D eigenvalue weighted by Gasteiger charge is -2.36. The highest BCUT2D eigenvalue weighted by Crippen LogP contribution is 2.32. The summed E-state index contributed by atoms with van der Waals surface area (Å²) in [7, 11) is -0.134. The maximum absolute atomic E-state index is 15.7. The number of nitrogens with one attached hydrogen (secondary N) is 4. The van der Waals surface area contributed by atoms with Gasteiger partial charge in [-0.15, -0.1) is 0 Å². The lowest BCUT2D eigenvalue weighted by molar-refractivity contribution is -0.135. The molecule has 1 aromatic carbocycles. The maximum atomic E-state index is 15.7. The van der Waals surface area contributed by atoms with Crippen molar-refractivity contribution in [3.05, 3.63) is 47.5 Å². The van der Waals surface area contributed by atoms with Crippen LogP contribution >= 0.6 is 0 Å². The summed E-state index contributed by atoms with van der Waals surface area (Å²) in [6.45, 7) is 6.77. The van der Waals surface area contributed by atoms with Crippen LogP contribution < -0.4 is 20.9 Å². The molecule has 14 heteroatoms. The largest absolute Gasteiger partial charge is 0.368 e. The molecule has 2 atom stereocenters. The van der Waals surface area contributed by atoms with E-state index in [1.165, 1.54) is 12.1 Å². The summed E-state index contributed by atoms with van der Waals surface area (Å²) in [5.74, 6) is -1.75. The number of carbonyl (C=O) groups excluding carboxylic acids is 4. The van der Waals surface area contributed by atoms with E-state index in [0.717, 1.165) is 58.0 Å². The summed E-state index contributed by atoms with van der Waals surface area (Å²) in [5.41, 5.74) is 0.562. The molecule has 0 unspecified atom stereocenters. The number of nitrogens with zero attached hydrogens (tertiary/aromatic N) is 4. The topological polar surface area (TPSA) is 141 Å². The SMILES string of the molecule is CCn1nccc1C(=O)N[Si](C(=O)Nc1ccc([C@H](C)[C@@H](NC(=O)NC2CC2)C(=O)N2CCN(C)CC2)cc1F)C1CCCCC1. The zero-order chi connectivity index (χ0) is 32.8. The first-order valence-corrected chi connectivity index (χ1v) is 18.1. The van der Waals surface area contributed by atoms with Gasteiger partial charge in [0, 0.05) is 50.9 Å². The summed E-state index contributed by atoms with van der Waals surface area (Å²) in [5, 5.41) is 12.7. The number of hydrogen-bond donors (Lipinski definition) is 4. The van der Waals surface area contributed by atoms with Crippen LogP contribution in [0.2, 0.25) is 5.54 Å². The highest BCUT2D eigenvalue weighted by atomic mass is 28.3. The van der Waals surface area contributed by atoms with Gasteiger partial charge in [-0.05, 0) is 56.1 Å². The zero-order valence-corrected chi connectivity index (χ0v) is 28.0. The van der Waals surface area contributed by atoms with E-state index < -0.39 is 32.8 Å². The average molecular weight is 654 g/mol. The summed E-state index contributed by atoms with van der Waals surface area (Å²) >= 11 is 0. The number of aromatic nitrogens is 2. The molecule has 2 aliphatic carbocycles. The van der Waals surface area contributed by atoms with Crippen LogP contribution in [0.4, 0.5) is 19.7 Å². The minimum atomic E-state index is -2.14. The van der Waals surface area contributed by atoms with Crippen LogP contribution in [-0.4, -0.2) is 97.2 Å². The molecule has 0 bridgehead atoms. The Morgan fingerprint density at radius 1 is 1.02 bits per heavy atom. The van der Waals surface area contributed by atoms with Crippen LogP contribution in [0.3, 0.4) is 0 Å². The summed E-state index contributed by atoms with van der Waals surface area (Å²) in [4.78, 5) is 60.2. The second-order valence-corrected chi connectivity index (χ2v) is 15.1. The second kappa shape index (κ2) is 15.2. The molecule has 4 N–H and O–H groups in total. The summed E-state index contributed by atoms with van der Waals surface area (Å²) in [6, 6.07) is 4.93. The number of rotatable bonds is 11. The number of benzene rings is 1. The van der Waals surface area contributed by atoms with Crippen molar-refractivity contribution in [3.63, 3.8) is 0 Å². The van der Waals surface area contributed by atoms with E-state index in [0.29, 0.717) is 30.9 Å². The fourth-order valence-corrected chi connectivity index (χ4v) is 8.53. The summed E-state index contributed by atoms with van der Waals surface area (Å²) < 4.78 is 17.2. The molecule has 3 aliphatic rings. The van der Waals surface area contributed by atoms with Gasteiger partial charge in [0.1, 0.15) is 17.6 Å². The maximum Gasteiger partial charge on any atom is 0.315 e. The Bertz CT molecular complexity index is 1400. The lowest BCUT2D eigenvalue weighted by atomic mass is 9.91. The molecule has 5 amide bonds. The summed E-state index contributed by atoms with van der Waals surface area (Å²) in [6.07, 6.45) is 8.10. The molecule has 1 aliphatic heterocycles. The predicted molar refractivity (Wildman–Crippen MR) is 174 cm³/mol. The van der Waals surface area contributed by atoms with Crippen LogP contribution in [0.15, 0.2) is 30.5 Å². The van der Waals surface area contributed by atoms with Crippen molar-refractivity contribution >= 4 is 38.0 Å². The number of anilines is 1. The smallest absolute Gasteiger partial charge is 0.315 e. The number of carbonyl (C=O) groups is 4. The number of hydrogen-bond acceptors (Lipinski definition) is 6. The minimum Gasteiger partial charge on any atom is -0.368 e. The third-order valence-electron chi connectivity index (χ3n) is 9.30. The van der Waals surface area contributed by atoms with Gasteiger partial charge in [-0.25, -0.2) is 9.18 Å². The van der Waals surface area contributed by atoms with Crippen LogP contribution in [0, 0.1) is 5.82 Å². The Morgan fingerprint density at radius 2 is 1.74 bits per heavy atom. The van der Waals surface area contributed by atoms with E-state index in [1.54, 1.807) is 34.8 Å². The molecular formula is C32H46FN8O4Si. The molecule has 0 spiro atoms. The molecule has 1 saturated heterocycles. The van der Waals surface area contributed by atoms with E-state index in [9.17, 15) is 19.2 Å². The van der Waals surface area contributed by atoms with Crippen LogP contribution in [0.1, 0.15) is 80.8 Å². The third-order valence-corrected chi connectivity index (χ3v) is 11.8. The van der Waals surface area contributed by atoms with E-state index >= 15 is 4.39 Å².